The van der Waals surface area contributed by atoms with E-state index in [4.69, 9.17) is 0 Å². The van der Waals surface area contributed by atoms with Crippen LogP contribution < -0.4 is 5.32 Å². The Labute approximate surface area is 144 Å². The van der Waals surface area contributed by atoms with Gasteiger partial charge in [-0.2, -0.15) is 0 Å². The predicted octanol–water partition coefficient (Wildman–Crippen LogP) is 1.73. The van der Waals surface area contributed by atoms with Crippen LogP contribution in [0.15, 0.2) is 49.3 Å². The maximum atomic E-state index is 12.3. The number of nitro groups is 2. The third-order valence-corrected chi connectivity index (χ3v) is 3.22. The summed E-state index contributed by atoms with van der Waals surface area (Å²) in [6.07, 6.45) is 7.33. The smallest absolute Gasteiger partial charge is 0.277 e. The quantitative estimate of drug-likeness (QED) is 0.535. The molecule has 12 heteroatoms. The second-order valence-electron chi connectivity index (χ2n) is 4.95. The minimum atomic E-state index is -0.813. The van der Waals surface area contributed by atoms with Crippen molar-refractivity contribution in [3.63, 3.8) is 0 Å². The van der Waals surface area contributed by atoms with Crippen molar-refractivity contribution in [1.82, 2.24) is 19.5 Å². The van der Waals surface area contributed by atoms with E-state index in [9.17, 15) is 25.0 Å². The standard InChI is InChI=1S/C14H9N7O5/c22-13(9-3-11(20(23)24)5-12(4-9)21(25)26)18-10-6-16-14(17-7-10)19-2-1-15-8-19/h1-8H,(H,18,22). The van der Waals surface area contributed by atoms with Gasteiger partial charge in [0, 0.05) is 24.5 Å². The summed E-state index contributed by atoms with van der Waals surface area (Å²) in [7, 11) is 0. The molecular weight excluding hydrogens is 346 g/mol. The SMILES string of the molecule is O=C(Nc1cnc(-n2ccnc2)nc1)c1cc([N+](=O)[O-])cc([N+](=O)[O-])c1. The van der Waals surface area contributed by atoms with Crippen LogP contribution in [0.25, 0.3) is 5.95 Å². The molecule has 0 atom stereocenters. The van der Waals surface area contributed by atoms with Crippen molar-refractivity contribution in [2.45, 2.75) is 0 Å². The van der Waals surface area contributed by atoms with Gasteiger partial charge in [0.15, 0.2) is 0 Å². The molecule has 26 heavy (non-hydrogen) atoms. The van der Waals surface area contributed by atoms with Crippen LogP contribution in [0, 0.1) is 20.2 Å². The number of non-ortho nitro benzene ring substituents is 2. The molecule has 0 radical (unpaired) electrons. The molecule has 3 aromatic rings. The summed E-state index contributed by atoms with van der Waals surface area (Å²) < 4.78 is 1.55. The number of nitrogens with zero attached hydrogens (tertiary/aromatic N) is 6. The minimum absolute atomic E-state index is 0.216. The van der Waals surface area contributed by atoms with Crippen molar-refractivity contribution < 1.29 is 14.6 Å². The maximum Gasteiger partial charge on any atom is 0.277 e. The molecule has 0 saturated heterocycles. The second-order valence-corrected chi connectivity index (χ2v) is 4.95. The number of hydrogen-bond acceptors (Lipinski definition) is 8. The lowest BCUT2D eigenvalue weighted by atomic mass is 10.1. The van der Waals surface area contributed by atoms with Crippen LogP contribution in [-0.4, -0.2) is 35.3 Å². The van der Waals surface area contributed by atoms with Gasteiger partial charge in [0.1, 0.15) is 6.33 Å². The van der Waals surface area contributed by atoms with E-state index < -0.39 is 27.1 Å². The highest BCUT2D eigenvalue weighted by atomic mass is 16.6. The average molecular weight is 355 g/mol. The molecule has 12 nitrogen and oxygen atoms in total. The van der Waals surface area contributed by atoms with Crippen molar-refractivity contribution in [1.29, 1.82) is 0 Å². The first kappa shape index (κ1) is 16.6. The van der Waals surface area contributed by atoms with Gasteiger partial charge in [0.25, 0.3) is 17.3 Å². The van der Waals surface area contributed by atoms with E-state index in [1.54, 1.807) is 17.0 Å². The summed E-state index contributed by atoms with van der Waals surface area (Å²) in [5.74, 6) is -0.442. The highest BCUT2D eigenvalue weighted by Gasteiger charge is 2.20. The molecule has 130 valence electrons. The van der Waals surface area contributed by atoms with E-state index >= 15 is 0 Å². The molecule has 0 aliphatic heterocycles. The molecule has 0 aliphatic carbocycles. The van der Waals surface area contributed by atoms with Gasteiger partial charge in [-0.25, -0.2) is 15.0 Å². The lowest BCUT2D eigenvalue weighted by Crippen LogP contribution is -2.13. The number of anilines is 1. The molecule has 1 N–H and O–H groups in total. The summed E-state index contributed by atoms with van der Waals surface area (Å²) in [5, 5.41) is 24.2. The predicted molar refractivity (Wildman–Crippen MR) is 86.9 cm³/mol. The summed E-state index contributed by atoms with van der Waals surface area (Å²) >= 11 is 0. The lowest BCUT2D eigenvalue weighted by molar-refractivity contribution is -0.394. The van der Waals surface area contributed by atoms with E-state index in [0.717, 1.165) is 18.2 Å². The Bertz CT molecular complexity index is 953. The van der Waals surface area contributed by atoms with E-state index in [-0.39, 0.29) is 11.3 Å². The number of hydrogen-bond donors (Lipinski definition) is 1. The summed E-state index contributed by atoms with van der Waals surface area (Å²) in [6, 6.07) is 2.67. The zero-order valence-corrected chi connectivity index (χ0v) is 12.8. The van der Waals surface area contributed by atoms with Crippen molar-refractivity contribution in [3.8, 4) is 5.95 Å². The Morgan fingerprint density at radius 3 is 2.15 bits per heavy atom. The largest absolute Gasteiger partial charge is 0.319 e. The van der Waals surface area contributed by atoms with Gasteiger partial charge >= 0.3 is 0 Å². The number of imidazole rings is 1. The van der Waals surface area contributed by atoms with E-state index in [1.807, 2.05) is 0 Å². The minimum Gasteiger partial charge on any atom is -0.319 e. The first-order valence-electron chi connectivity index (χ1n) is 6.99. The summed E-state index contributed by atoms with van der Waals surface area (Å²) in [5.41, 5.74) is -1.13. The van der Waals surface area contributed by atoms with Gasteiger partial charge in [0.05, 0.1) is 39.6 Å². The molecule has 1 amide bonds. The molecule has 0 bridgehead atoms. The molecule has 0 fully saturated rings. The van der Waals surface area contributed by atoms with Crippen LogP contribution in [0.1, 0.15) is 10.4 Å². The van der Waals surface area contributed by atoms with Crippen LogP contribution in [0.2, 0.25) is 0 Å². The molecule has 0 aliphatic rings. The van der Waals surface area contributed by atoms with Gasteiger partial charge in [-0.15, -0.1) is 0 Å². The van der Waals surface area contributed by atoms with E-state index in [2.05, 4.69) is 20.3 Å². The van der Waals surface area contributed by atoms with Gasteiger partial charge in [-0.3, -0.25) is 29.6 Å². The second kappa shape index (κ2) is 6.72. The zero-order valence-electron chi connectivity index (χ0n) is 12.8. The molecule has 0 unspecified atom stereocenters. The number of nitro benzene ring substituents is 2. The summed E-state index contributed by atoms with van der Waals surface area (Å²) in [6.45, 7) is 0. The first-order chi connectivity index (χ1) is 12.4. The van der Waals surface area contributed by atoms with Gasteiger partial charge in [0.2, 0.25) is 5.95 Å². The highest BCUT2D eigenvalue weighted by Crippen LogP contribution is 2.23. The number of amides is 1. The van der Waals surface area contributed by atoms with Gasteiger partial charge in [-0.05, 0) is 0 Å². The first-order valence-corrected chi connectivity index (χ1v) is 6.99. The molecule has 0 saturated carbocycles. The molecular formula is C14H9N7O5. The van der Waals surface area contributed by atoms with Crippen LogP contribution in [0.3, 0.4) is 0 Å². The lowest BCUT2D eigenvalue weighted by Gasteiger charge is -2.06. The van der Waals surface area contributed by atoms with Crippen LogP contribution in [0.4, 0.5) is 17.1 Å². The van der Waals surface area contributed by atoms with Crippen molar-refractivity contribution in [3.05, 3.63) is 75.1 Å². The molecule has 2 aromatic heterocycles. The Kier molecular flexibility index (Phi) is 4.30. The normalized spacial score (nSPS) is 10.3. The molecule has 1 aromatic carbocycles. The topological polar surface area (TPSA) is 159 Å². The number of aromatic nitrogens is 4. The van der Waals surface area contributed by atoms with Gasteiger partial charge < -0.3 is 5.32 Å². The molecule has 0 spiro atoms. The Morgan fingerprint density at radius 2 is 1.65 bits per heavy atom. The number of benzene rings is 1. The molecule has 3 rings (SSSR count). The third-order valence-electron chi connectivity index (χ3n) is 3.22. The number of carbonyl (C=O) groups is 1. The van der Waals surface area contributed by atoms with Crippen molar-refractivity contribution >= 4 is 23.0 Å². The van der Waals surface area contributed by atoms with Crippen LogP contribution in [0.5, 0.6) is 0 Å². The highest BCUT2D eigenvalue weighted by molar-refractivity contribution is 6.05. The number of rotatable bonds is 5. The third kappa shape index (κ3) is 3.48. The maximum absolute atomic E-state index is 12.3. The van der Waals surface area contributed by atoms with Crippen LogP contribution >= 0.6 is 0 Å². The fourth-order valence-corrected chi connectivity index (χ4v) is 2.04. The Balaban J connectivity index is 1.83. The fourth-order valence-electron chi connectivity index (χ4n) is 2.04. The monoisotopic (exact) mass is 355 g/mol. The van der Waals surface area contributed by atoms with Crippen molar-refractivity contribution in [2.24, 2.45) is 0 Å². The van der Waals surface area contributed by atoms with E-state index in [1.165, 1.54) is 18.7 Å². The zero-order chi connectivity index (χ0) is 18.7. The number of carbonyl (C=O) groups excluding carboxylic acids is 1. The Hall–Kier alpha value is -4.22. The average Bonchev–Trinajstić information content (AvgIpc) is 3.16. The summed E-state index contributed by atoms with van der Waals surface area (Å²) in [4.78, 5) is 44.3. The van der Waals surface area contributed by atoms with Crippen LogP contribution in [-0.2, 0) is 0 Å². The van der Waals surface area contributed by atoms with Crippen molar-refractivity contribution in [2.75, 3.05) is 5.32 Å². The van der Waals surface area contributed by atoms with Gasteiger partial charge in [-0.1, -0.05) is 0 Å². The molecule has 2 heterocycles. The fraction of sp³-hybridized carbons (Fsp3) is 0. The number of nitrogens with one attached hydrogen (secondary N) is 1. The van der Waals surface area contributed by atoms with E-state index in [0.29, 0.717) is 5.95 Å². The Morgan fingerprint density at radius 1 is 1.04 bits per heavy atom.